The fourth-order valence-electron chi connectivity index (χ4n) is 2.49. The van der Waals surface area contributed by atoms with Crippen molar-refractivity contribution in [1.29, 1.82) is 0 Å². The molecule has 0 atom stereocenters. The van der Waals surface area contributed by atoms with Crippen LogP contribution >= 0.6 is 11.8 Å². The normalized spacial score (nSPS) is 10.0. The van der Waals surface area contributed by atoms with Gasteiger partial charge in [0, 0.05) is 31.1 Å². The molecule has 1 aromatic carbocycles. The van der Waals surface area contributed by atoms with E-state index in [4.69, 9.17) is 4.42 Å². The fourth-order valence-corrected chi connectivity index (χ4v) is 3.05. The Balaban J connectivity index is 0.000000295. The molecule has 0 saturated carbocycles. The Labute approximate surface area is 206 Å². The van der Waals surface area contributed by atoms with E-state index in [0.29, 0.717) is 11.6 Å². The maximum Gasteiger partial charge on any atom is 0.193 e. The zero-order chi connectivity index (χ0) is 25.6. The summed E-state index contributed by atoms with van der Waals surface area (Å²) in [5, 5.41) is 10.6. The molecule has 182 valence electrons. The van der Waals surface area contributed by atoms with Crippen molar-refractivity contribution in [2.45, 2.75) is 52.2 Å². The zero-order valence-electron chi connectivity index (χ0n) is 20.9. The SMILES string of the molecule is CC.CSc1oc(C)nc1-c1ccc(C(C)(C)O)nc1.Cc1cccnc1.Fc1ccccc1. The van der Waals surface area contributed by atoms with Crippen LogP contribution in [0.1, 0.15) is 44.8 Å². The summed E-state index contributed by atoms with van der Waals surface area (Å²) in [7, 11) is 0. The molecule has 0 amide bonds. The van der Waals surface area contributed by atoms with Gasteiger partial charge in [0.1, 0.15) is 17.1 Å². The highest BCUT2D eigenvalue weighted by atomic mass is 32.2. The number of aliphatic hydroxyl groups is 1. The molecule has 0 aliphatic heterocycles. The van der Waals surface area contributed by atoms with Crippen LogP contribution in [-0.4, -0.2) is 26.3 Å². The van der Waals surface area contributed by atoms with Gasteiger partial charge in [0.15, 0.2) is 11.0 Å². The van der Waals surface area contributed by atoms with Crippen LogP contribution < -0.4 is 0 Å². The van der Waals surface area contributed by atoms with Crippen LogP contribution in [0.5, 0.6) is 0 Å². The smallest absolute Gasteiger partial charge is 0.193 e. The van der Waals surface area contributed by atoms with Crippen LogP contribution in [0.3, 0.4) is 0 Å². The topological polar surface area (TPSA) is 72.0 Å². The van der Waals surface area contributed by atoms with Crippen molar-refractivity contribution in [3.8, 4) is 11.3 Å². The van der Waals surface area contributed by atoms with Gasteiger partial charge in [0.05, 0.1) is 5.69 Å². The van der Waals surface area contributed by atoms with Gasteiger partial charge in [-0.3, -0.25) is 9.97 Å². The van der Waals surface area contributed by atoms with Crippen molar-refractivity contribution in [1.82, 2.24) is 15.0 Å². The average molecular weight is 484 g/mol. The Kier molecular flexibility index (Phi) is 12.8. The van der Waals surface area contributed by atoms with Gasteiger partial charge in [0.25, 0.3) is 0 Å². The molecule has 3 aromatic heterocycles. The predicted molar refractivity (Wildman–Crippen MR) is 138 cm³/mol. The molecule has 0 unspecified atom stereocenters. The lowest BCUT2D eigenvalue weighted by Gasteiger charge is -2.16. The third-order valence-electron chi connectivity index (χ3n) is 4.09. The maximum absolute atomic E-state index is 11.9. The number of thioether (sulfide) groups is 1. The minimum absolute atomic E-state index is 0.178. The van der Waals surface area contributed by atoms with Gasteiger partial charge in [0.2, 0.25) is 0 Å². The number of benzene rings is 1. The van der Waals surface area contributed by atoms with E-state index in [1.165, 1.54) is 29.5 Å². The van der Waals surface area contributed by atoms with Crippen molar-refractivity contribution < 1.29 is 13.9 Å². The number of hydrogen-bond acceptors (Lipinski definition) is 6. The quantitative estimate of drug-likeness (QED) is 0.310. The standard InChI is InChI=1S/C13H16N2O2S.C6H5F.C6H7N.C2H6/c1-8-15-11(12(17-8)18-4)9-5-6-10(14-7-9)13(2,3)16;7-6-4-2-1-3-5-6;1-6-3-2-4-7-5-6;1-2/h5-7,16H,1-4H3;1-5H;2-5H,1H3;1-2H3. The summed E-state index contributed by atoms with van der Waals surface area (Å²) in [6.45, 7) is 11.3. The summed E-state index contributed by atoms with van der Waals surface area (Å²) in [5.74, 6) is 0.461. The Hall–Kier alpha value is -3.03. The van der Waals surface area contributed by atoms with Gasteiger partial charge in [-0.1, -0.05) is 49.9 Å². The highest BCUT2D eigenvalue weighted by molar-refractivity contribution is 7.98. The highest BCUT2D eigenvalue weighted by Crippen LogP contribution is 2.30. The first-order chi connectivity index (χ1) is 16.2. The molecule has 4 aromatic rings. The molecule has 7 heteroatoms. The molecular weight excluding hydrogens is 449 g/mol. The minimum Gasteiger partial charge on any atom is -0.434 e. The molecule has 5 nitrogen and oxygen atoms in total. The van der Waals surface area contributed by atoms with Crippen molar-refractivity contribution in [2.24, 2.45) is 0 Å². The van der Waals surface area contributed by atoms with E-state index in [1.54, 1.807) is 44.4 Å². The van der Waals surface area contributed by atoms with Crippen LogP contribution in [0.4, 0.5) is 4.39 Å². The van der Waals surface area contributed by atoms with E-state index >= 15 is 0 Å². The number of rotatable bonds is 3. The summed E-state index contributed by atoms with van der Waals surface area (Å²) >= 11 is 1.51. The summed E-state index contributed by atoms with van der Waals surface area (Å²) in [6.07, 6.45) is 7.26. The molecule has 0 aliphatic rings. The number of halogens is 1. The van der Waals surface area contributed by atoms with Gasteiger partial charge in [-0.15, -0.1) is 0 Å². The van der Waals surface area contributed by atoms with Crippen LogP contribution in [0.2, 0.25) is 0 Å². The first kappa shape index (κ1) is 29.0. The summed E-state index contributed by atoms with van der Waals surface area (Å²) < 4.78 is 17.4. The van der Waals surface area contributed by atoms with Crippen molar-refractivity contribution >= 4 is 11.8 Å². The van der Waals surface area contributed by atoms with E-state index in [2.05, 4.69) is 15.0 Å². The molecule has 1 N–H and O–H groups in total. The van der Waals surface area contributed by atoms with Crippen LogP contribution in [0, 0.1) is 19.7 Å². The van der Waals surface area contributed by atoms with E-state index in [-0.39, 0.29) is 5.82 Å². The summed E-state index contributed by atoms with van der Waals surface area (Å²) in [4.78, 5) is 12.5. The number of aromatic nitrogens is 3. The van der Waals surface area contributed by atoms with Crippen LogP contribution in [0.25, 0.3) is 11.3 Å². The lowest BCUT2D eigenvalue weighted by Crippen LogP contribution is -2.17. The van der Waals surface area contributed by atoms with Crippen molar-refractivity contribution in [2.75, 3.05) is 6.26 Å². The number of oxazole rings is 1. The first-order valence-electron chi connectivity index (χ1n) is 11.0. The van der Waals surface area contributed by atoms with Gasteiger partial charge >= 0.3 is 0 Å². The second kappa shape index (κ2) is 15.0. The molecule has 3 heterocycles. The van der Waals surface area contributed by atoms with Gasteiger partial charge in [-0.25, -0.2) is 9.37 Å². The molecule has 4 rings (SSSR count). The average Bonchev–Trinajstić information content (AvgIpc) is 3.22. The Morgan fingerprint density at radius 1 is 0.941 bits per heavy atom. The van der Waals surface area contributed by atoms with E-state index in [1.807, 2.05) is 64.4 Å². The number of nitrogens with zero attached hydrogens (tertiary/aromatic N) is 3. The Bertz CT molecular complexity index is 1030. The molecule has 0 saturated heterocycles. The summed E-state index contributed by atoms with van der Waals surface area (Å²) in [6, 6.07) is 15.6. The molecule has 0 radical (unpaired) electrons. The second-order valence-corrected chi connectivity index (χ2v) is 8.17. The third kappa shape index (κ3) is 10.3. The van der Waals surface area contributed by atoms with Crippen molar-refractivity contribution in [3.63, 3.8) is 0 Å². The van der Waals surface area contributed by atoms with Crippen molar-refractivity contribution in [3.05, 3.63) is 96.2 Å². The van der Waals surface area contributed by atoms with Gasteiger partial charge < -0.3 is 9.52 Å². The summed E-state index contributed by atoms with van der Waals surface area (Å²) in [5.41, 5.74) is 2.61. The lowest BCUT2D eigenvalue weighted by molar-refractivity contribution is 0.0739. The zero-order valence-corrected chi connectivity index (χ0v) is 21.7. The lowest BCUT2D eigenvalue weighted by atomic mass is 10.0. The van der Waals surface area contributed by atoms with E-state index < -0.39 is 5.60 Å². The number of aryl methyl sites for hydroxylation is 2. The molecular formula is C27H34FN3O2S. The Morgan fingerprint density at radius 3 is 2.00 bits per heavy atom. The maximum atomic E-state index is 11.9. The molecule has 0 spiro atoms. The van der Waals surface area contributed by atoms with E-state index in [0.717, 1.165) is 16.3 Å². The Morgan fingerprint density at radius 2 is 1.62 bits per heavy atom. The van der Waals surface area contributed by atoms with E-state index in [9.17, 15) is 9.50 Å². The molecule has 0 aliphatic carbocycles. The largest absolute Gasteiger partial charge is 0.434 e. The first-order valence-corrected chi connectivity index (χ1v) is 12.2. The number of pyridine rings is 2. The molecule has 0 fully saturated rings. The molecule has 0 bridgehead atoms. The number of hydrogen-bond donors (Lipinski definition) is 1. The highest BCUT2D eigenvalue weighted by Gasteiger charge is 2.18. The minimum atomic E-state index is -0.930. The fraction of sp³-hybridized carbons (Fsp3) is 0.296. The van der Waals surface area contributed by atoms with Crippen LogP contribution in [0.15, 0.2) is 82.7 Å². The molecule has 34 heavy (non-hydrogen) atoms. The monoisotopic (exact) mass is 483 g/mol. The predicted octanol–water partition coefficient (Wildman–Crippen LogP) is 7.24. The van der Waals surface area contributed by atoms with Crippen LogP contribution in [-0.2, 0) is 5.60 Å². The van der Waals surface area contributed by atoms with Gasteiger partial charge in [-0.2, -0.15) is 0 Å². The third-order valence-corrected chi connectivity index (χ3v) is 4.74. The van der Waals surface area contributed by atoms with Gasteiger partial charge in [-0.05, 0) is 62.9 Å². The second-order valence-electron chi connectivity index (χ2n) is 7.39.